The van der Waals surface area contributed by atoms with Crippen LogP contribution in [0, 0.1) is 5.82 Å². The Morgan fingerprint density at radius 2 is 1.79 bits per heavy atom. The van der Waals surface area contributed by atoms with E-state index in [-0.39, 0.29) is 11.4 Å². The molecule has 1 aliphatic heterocycles. The molecule has 0 spiro atoms. The summed E-state index contributed by atoms with van der Waals surface area (Å²) in [5, 5.41) is 0. The lowest BCUT2D eigenvalue weighted by Crippen LogP contribution is -2.47. The van der Waals surface area contributed by atoms with Crippen LogP contribution in [0.5, 0.6) is 0 Å². The number of unbranched alkanes of at least 4 members (excludes halogenated alkanes) is 1. The number of anilines is 2. The molecule has 0 atom stereocenters. The highest BCUT2D eigenvalue weighted by Crippen LogP contribution is 2.18. The van der Waals surface area contributed by atoms with Crippen LogP contribution in [-0.2, 0) is 6.42 Å². The Bertz CT molecular complexity index is 721. The maximum Gasteiger partial charge on any atom is 0.252 e. The van der Waals surface area contributed by atoms with E-state index in [4.69, 9.17) is 0 Å². The van der Waals surface area contributed by atoms with Gasteiger partial charge < -0.3 is 9.80 Å². The van der Waals surface area contributed by atoms with Crippen LogP contribution in [0.3, 0.4) is 0 Å². The molecule has 2 aromatic rings. The summed E-state index contributed by atoms with van der Waals surface area (Å²) in [6.07, 6.45) is 2.96. The van der Waals surface area contributed by atoms with Crippen LogP contribution in [0.1, 0.15) is 25.5 Å². The maximum absolute atomic E-state index is 13.0. The van der Waals surface area contributed by atoms with Gasteiger partial charge in [0, 0.05) is 43.6 Å². The fraction of sp³-hybridized carbons (Fsp3) is 0.444. The molecule has 1 aromatic heterocycles. The maximum atomic E-state index is 13.0. The second-order valence-electron chi connectivity index (χ2n) is 6.11. The number of benzene rings is 1. The lowest BCUT2D eigenvalue weighted by molar-refractivity contribution is 0.622. The third kappa shape index (κ3) is 3.93. The predicted octanol–water partition coefficient (Wildman–Crippen LogP) is 2.58. The monoisotopic (exact) mass is 330 g/mol. The molecule has 0 unspecified atom stereocenters. The zero-order chi connectivity index (χ0) is 16.9. The van der Waals surface area contributed by atoms with Crippen molar-refractivity contribution < 1.29 is 4.39 Å². The van der Waals surface area contributed by atoms with Crippen LogP contribution < -0.4 is 15.4 Å². The molecule has 3 rings (SSSR count). The van der Waals surface area contributed by atoms with Gasteiger partial charge >= 0.3 is 0 Å². The second kappa shape index (κ2) is 7.47. The lowest BCUT2D eigenvalue weighted by atomic mass is 10.2. The largest absolute Gasteiger partial charge is 0.368 e. The molecule has 24 heavy (non-hydrogen) atoms. The molecular formula is C18H23FN4O. The van der Waals surface area contributed by atoms with Crippen molar-refractivity contribution in [3.8, 4) is 0 Å². The van der Waals surface area contributed by atoms with Crippen molar-refractivity contribution in [3.63, 3.8) is 0 Å². The van der Waals surface area contributed by atoms with Crippen LogP contribution in [0.4, 0.5) is 16.0 Å². The molecule has 1 N–H and O–H groups in total. The molecule has 2 heterocycles. The summed E-state index contributed by atoms with van der Waals surface area (Å²) in [6.45, 7) is 5.31. The molecular weight excluding hydrogens is 307 g/mol. The minimum absolute atomic E-state index is 0.0907. The quantitative estimate of drug-likeness (QED) is 0.915. The van der Waals surface area contributed by atoms with Gasteiger partial charge in [0.05, 0.1) is 0 Å². The Balaban J connectivity index is 1.67. The Morgan fingerprint density at radius 1 is 1.12 bits per heavy atom. The number of aryl methyl sites for hydroxylation is 1. The summed E-state index contributed by atoms with van der Waals surface area (Å²) in [6, 6.07) is 8.16. The van der Waals surface area contributed by atoms with E-state index in [0.717, 1.165) is 56.8 Å². The first-order valence-corrected chi connectivity index (χ1v) is 8.51. The average molecular weight is 330 g/mol. The lowest BCUT2D eigenvalue weighted by Gasteiger charge is -2.36. The summed E-state index contributed by atoms with van der Waals surface area (Å²) in [7, 11) is 0. The Kier molecular flexibility index (Phi) is 5.13. The van der Waals surface area contributed by atoms with Crippen LogP contribution in [-0.4, -0.2) is 36.1 Å². The van der Waals surface area contributed by atoms with Gasteiger partial charge in [-0.3, -0.25) is 9.78 Å². The van der Waals surface area contributed by atoms with Crippen molar-refractivity contribution in [2.75, 3.05) is 36.0 Å². The Morgan fingerprint density at radius 3 is 2.46 bits per heavy atom. The average Bonchev–Trinajstić information content (AvgIpc) is 2.60. The Hall–Kier alpha value is -2.37. The first-order chi connectivity index (χ1) is 11.7. The van der Waals surface area contributed by atoms with Crippen molar-refractivity contribution in [1.82, 2.24) is 9.97 Å². The molecule has 5 nitrogen and oxygen atoms in total. The number of nitrogens with zero attached hydrogens (tertiary/aromatic N) is 3. The summed E-state index contributed by atoms with van der Waals surface area (Å²) >= 11 is 0. The third-order valence-corrected chi connectivity index (χ3v) is 4.34. The standard InChI is InChI=1S/C18H23FN4O/c1-2-3-4-15-13-17(24)21-18(20-15)23-11-9-22(10-12-23)16-7-5-14(19)6-8-16/h5-8,13H,2-4,9-12H2,1H3,(H,20,21,24). The second-order valence-corrected chi connectivity index (χ2v) is 6.11. The van der Waals surface area contributed by atoms with E-state index in [1.807, 2.05) is 0 Å². The van der Waals surface area contributed by atoms with Crippen LogP contribution in [0.15, 0.2) is 35.1 Å². The minimum atomic E-state index is -0.219. The van der Waals surface area contributed by atoms with Crippen LogP contribution in [0.2, 0.25) is 0 Å². The highest BCUT2D eigenvalue weighted by Gasteiger charge is 2.19. The number of aromatic amines is 1. The number of halogens is 1. The van der Waals surface area contributed by atoms with E-state index in [1.165, 1.54) is 12.1 Å². The highest BCUT2D eigenvalue weighted by molar-refractivity contribution is 5.48. The molecule has 0 bridgehead atoms. The molecule has 0 aliphatic carbocycles. The first kappa shape index (κ1) is 16.5. The number of H-pyrrole nitrogens is 1. The van der Waals surface area contributed by atoms with Gasteiger partial charge in [0.25, 0.3) is 5.56 Å². The van der Waals surface area contributed by atoms with Crippen LogP contribution >= 0.6 is 0 Å². The van der Waals surface area contributed by atoms with Crippen molar-refractivity contribution in [2.45, 2.75) is 26.2 Å². The molecule has 0 amide bonds. The number of nitrogens with one attached hydrogen (secondary N) is 1. The zero-order valence-corrected chi connectivity index (χ0v) is 14.0. The van der Waals surface area contributed by atoms with Gasteiger partial charge in [-0.1, -0.05) is 13.3 Å². The SMILES string of the molecule is CCCCc1cc(=O)[nH]c(N2CCN(c3ccc(F)cc3)CC2)n1. The fourth-order valence-electron chi connectivity index (χ4n) is 2.96. The van der Waals surface area contributed by atoms with E-state index >= 15 is 0 Å². The topological polar surface area (TPSA) is 52.2 Å². The van der Waals surface area contributed by atoms with Gasteiger partial charge in [0.2, 0.25) is 5.95 Å². The van der Waals surface area contributed by atoms with E-state index < -0.39 is 0 Å². The van der Waals surface area contributed by atoms with Gasteiger partial charge in [-0.15, -0.1) is 0 Å². The number of hydrogen-bond acceptors (Lipinski definition) is 4. The van der Waals surface area contributed by atoms with Crippen LogP contribution in [0.25, 0.3) is 0 Å². The van der Waals surface area contributed by atoms with E-state index in [0.29, 0.717) is 5.95 Å². The molecule has 1 aliphatic rings. The van der Waals surface area contributed by atoms with E-state index in [9.17, 15) is 9.18 Å². The molecule has 0 saturated carbocycles. The highest BCUT2D eigenvalue weighted by atomic mass is 19.1. The molecule has 0 radical (unpaired) electrons. The molecule has 6 heteroatoms. The van der Waals surface area contributed by atoms with E-state index in [2.05, 4.69) is 26.7 Å². The predicted molar refractivity (Wildman–Crippen MR) is 94.3 cm³/mol. The van der Waals surface area contributed by atoms with Gasteiger partial charge in [-0.2, -0.15) is 0 Å². The summed E-state index contributed by atoms with van der Waals surface area (Å²) in [4.78, 5) is 23.6. The van der Waals surface area contributed by atoms with E-state index in [1.54, 1.807) is 18.2 Å². The summed E-state index contributed by atoms with van der Waals surface area (Å²) < 4.78 is 13.0. The Labute approximate surface area is 141 Å². The van der Waals surface area contributed by atoms with Crippen molar-refractivity contribution in [2.24, 2.45) is 0 Å². The number of rotatable bonds is 5. The van der Waals surface area contributed by atoms with Crippen molar-refractivity contribution >= 4 is 11.6 Å². The minimum Gasteiger partial charge on any atom is -0.368 e. The molecule has 1 aromatic carbocycles. The van der Waals surface area contributed by atoms with Gasteiger partial charge in [-0.05, 0) is 37.1 Å². The van der Waals surface area contributed by atoms with Gasteiger partial charge in [0.1, 0.15) is 5.82 Å². The van der Waals surface area contributed by atoms with Crippen molar-refractivity contribution in [3.05, 3.63) is 52.2 Å². The van der Waals surface area contributed by atoms with Gasteiger partial charge in [-0.25, -0.2) is 9.37 Å². The molecule has 128 valence electrons. The number of hydrogen-bond donors (Lipinski definition) is 1. The number of piperazine rings is 1. The number of aromatic nitrogens is 2. The smallest absolute Gasteiger partial charge is 0.252 e. The normalized spacial score (nSPS) is 14.9. The zero-order valence-electron chi connectivity index (χ0n) is 14.0. The summed E-state index contributed by atoms with van der Waals surface area (Å²) in [5.74, 6) is 0.440. The molecule has 1 fully saturated rings. The molecule has 1 saturated heterocycles. The van der Waals surface area contributed by atoms with Crippen molar-refractivity contribution in [1.29, 1.82) is 0 Å². The third-order valence-electron chi connectivity index (χ3n) is 4.34. The fourth-order valence-corrected chi connectivity index (χ4v) is 2.96. The summed E-state index contributed by atoms with van der Waals surface area (Å²) in [5.41, 5.74) is 1.79. The van der Waals surface area contributed by atoms with Gasteiger partial charge in [0.15, 0.2) is 0 Å². The first-order valence-electron chi connectivity index (χ1n) is 8.51.